The molecule has 1 atom stereocenters. The van der Waals surface area contributed by atoms with E-state index in [0.29, 0.717) is 6.04 Å². The number of hydrogen-bond acceptors (Lipinski definition) is 3. The third-order valence-electron chi connectivity index (χ3n) is 3.10. The molecule has 0 aliphatic carbocycles. The highest BCUT2D eigenvalue weighted by atomic mass is 15.2. The fourth-order valence-electron chi connectivity index (χ4n) is 2.19. The fourth-order valence-corrected chi connectivity index (χ4v) is 2.19. The second kappa shape index (κ2) is 5.78. The van der Waals surface area contributed by atoms with E-state index < -0.39 is 0 Å². The van der Waals surface area contributed by atoms with Crippen molar-refractivity contribution in [1.82, 2.24) is 20.1 Å². The van der Waals surface area contributed by atoms with Crippen LogP contribution in [-0.2, 0) is 13.5 Å². The lowest BCUT2D eigenvalue weighted by Gasteiger charge is -2.19. The van der Waals surface area contributed by atoms with Crippen LogP contribution in [0.15, 0.2) is 30.9 Å². The van der Waals surface area contributed by atoms with Gasteiger partial charge in [0.2, 0.25) is 0 Å². The Morgan fingerprint density at radius 3 is 2.83 bits per heavy atom. The maximum atomic E-state index is 4.23. The number of nitrogens with one attached hydrogen (secondary N) is 1. The van der Waals surface area contributed by atoms with Crippen molar-refractivity contribution in [2.45, 2.75) is 26.3 Å². The molecule has 96 valence electrons. The summed E-state index contributed by atoms with van der Waals surface area (Å²) >= 11 is 0. The highest BCUT2D eigenvalue weighted by Gasteiger charge is 2.14. The average Bonchev–Trinajstić information content (AvgIpc) is 2.75. The van der Waals surface area contributed by atoms with Gasteiger partial charge in [0.25, 0.3) is 0 Å². The first kappa shape index (κ1) is 12.8. The van der Waals surface area contributed by atoms with E-state index in [4.69, 9.17) is 0 Å². The largest absolute Gasteiger partial charge is 0.310 e. The van der Waals surface area contributed by atoms with Gasteiger partial charge in [-0.25, -0.2) is 0 Å². The molecule has 0 radical (unpaired) electrons. The second-order valence-corrected chi connectivity index (χ2v) is 4.57. The van der Waals surface area contributed by atoms with Gasteiger partial charge in [-0.05, 0) is 42.6 Å². The van der Waals surface area contributed by atoms with Crippen molar-refractivity contribution in [3.63, 3.8) is 0 Å². The van der Waals surface area contributed by atoms with E-state index in [1.54, 1.807) is 0 Å². The molecule has 2 rings (SSSR count). The lowest BCUT2D eigenvalue weighted by molar-refractivity contribution is 0.545. The molecule has 0 aliphatic rings. The third-order valence-corrected chi connectivity index (χ3v) is 3.10. The fraction of sp³-hybridized carbons (Fsp3) is 0.429. The quantitative estimate of drug-likeness (QED) is 0.875. The van der Waals surface area contributed by atoms with Gasteiger partial charge in [-0.1, -0.05) is 6.92 Å². The summed E-state index contributed by atoms with van der Waals surface area (Å²) in [6.07, 6.45) is 8.73. The Morgan fingerprint density at radius 2 is 2.22 bits per heavy atom. The Bertz CT molecular complexity index is 504. The molecule has 0 amide bonds. The van der Waals surface area contributed by atoms with Crippen LogP contribution in [0, 0.1) is 6.92 Å². The normalized spacial score (nSPS) is 12.6. The van der Waals surface area contributed by atoms with Crippen LogP contribution in [0.2, 0.25) is 0 Å². The van der Waals surface area contributed by atoms with Crippen molar-refractivity contribution in [3.05, 3.63) is 47.5 Å². The minimum absolute atomic E-state index is 0.299. The minimum Gasteiger partial charge on any atom is -0.310 e. The molecule has 1 unspecified atom stereocenters. The zero-order valence-corrected chi connectivity index (χ0v) is 11.2. The maximum absolute atomic E-state index is 4.23. The molecule has 0 spiro atoms. The predicted molar refractivity (Wildman–Crippen MR) is 72.3 cm³/mol. The van der Waals surface area contributed by atoms with Crippen LogP contribution in [0.3, 0.4) is 0 Å². The number of hydrogen-bond donors (Lipinski definition) is 1. The Hall–Kier alpha value is -1.68. The summed E-state index contributed by atoms with van der Waals surface area (Å²) < 4.78 is 1.84. The molecule has 2 aromatic rings. The molecular formula is C14H20N4. The van der Waals surface area contributed by atoms with Gasteiger partial charge in [0.05, 0.1) is 6.20 Å². The molecule has 4 heteroatoms. The average molecular weight is 244 g/mol. The SMILES string of the molecule is CCNC(Cc1cnn(C)c1)c1cnccc1C. The van der Waals surface area contributed by atoms with Crippen LogP contribution in [0.1, 0.15) is 29.7 Å². The third kappa shape index (κ3) is 2.96. The molecule has 0 bridgehead atoms. The monoisotopic (exact) mass is 244 g/mol. The van der Waals surface area contributed by atoms with E-state index in [1.165, 1.54) is 16.7 Å². The molecule has 4 nitrogen and oxygen atoms in total. The van der Waals surface area contributed by atoms with Crippen molar-refractivity contribution in [2.24, 2.45) is 7.05 Å². The van der Waals surface area contributed by atoms with Crippen molar-refractivity contribution in [3.8, 4) is 0 Å². The number of likely N-dealkylation sites (N-methyl/N-ethyl adjacent to an activating group) is 1. The number of pyridine rings is 1. The lowest BCUT2D eigenvalue weighted by Crippen LogP contribution is -2.23. The summed E-state index contributed by atoms with van der Waals surface area (Å²) in [6.45, 7) is 5.20. The van der Waals surface area contributed by atoms with Crippen molar-refractivity contribution in [1.29, 1.82) is 0 Å². The number of aryl methyl sites for hydroxylation is 2. The first-order valence-electron chi connectivity index (χ1n) is 6.32. The zero-order valence-electron chi connectivity index (χ0n) is 11.2. The Kier molecular flexibility index (Phi) is 4.10. The molecule has 18 heavy (non-hydrogen) atoms. The molecular weight excluding hydrogens is 224 g/mol. The zero-order chi connectivity index (χ0) is 13.0. The van der Waals surface area contributed by atoms with Gasteiger partial charge >= 0.3 is 0 Å². The van der Waals surface area contributed by atoms with Crippen LogP contribution in [0.25, 0.3) is 0 Å². The lowest BCUT2D eigenvalue weighted by atomic mass is 9.98. The summed E-state index contributed by atoms with van der Waals surface area (Å²) in [5, 5.41) is 7.74. The summed E-state index contributed by atoms with van der Waals surface area (Å²) in [7, 11) is 1.95. The van der Waals surface area contributed by atoms with E-state index in [1.807, 2.05) is 30.3 Å². The van der Waals surface area contributed by atoms with Gasteiger partial charge < -0.3 is 5.32 Å². The topological polar surface area (TPSA) is 42.7 Å². The standard InChI is InChI=1S/C14H20N4/c1-4-16-14(7-12-8-17-18(3)10-12)13-9-15-6-5-11(13)2/h5-6,8-10,14,16H,4,7H2,1-3H3. The number of nitrogens with zero attached hydrogens (tertiary/aromatic N) is 3. The number of rotatable bonds is 5. The molecule has 0 saturated carbocycles. The molecule has 0 fully saturated rings. The molecule has 0 saturated heterocycles. The Balaban J connectivity index is 2.20. The van der Waals surface area contributed by atoms with E-state index in [9.17, 15) is 0 Å². The van der Waals surface area contributed by atoms with Crippen LogP contribution in [0.5, 0.6) is 0 Å². The second-order valence-electron chi connectivity index (χ2n) is 4.57. The summed E-state index contributed by atoms with van der Waals surface area (Å²) in [5.74, 6) is 0. The molecule has 0 aliphatic heterocycles. The predicted octanol–water partition coefficient (Wildman–Crippen LogP) is 2.02. The molecule has 2 aromatic heterocycles. The van der Waals surface area contributed by atoms with Crippen molar-refractivity contribution >= 4 is 0 Å². The van der Waals surface area contributed by atoms with E-state index in [-0.39, 0.29) is 0 Å². The first-order chi connectivity index (χ1) is 8.70. The first-order valence-corrected chi connectivity index (χ1v) is 6.32. The van der Waals surface area contributed by atoms with Gasteiger partial charge in [0, 0.05) is 31.7 Å². The van der Waals surface area contributed by atoms with E-state index in [0.717, 1.165) is 13.0 Å². The maximum Gasteiger partial charge on any atom is 0.0522 e. The highest BCUT2D eigenvalue weighted by Crippen LogP contribution is 2.20. The van der Waals surface area contributed by atoms with Crippen LogP contribution >= 0.6 is 0 Å². The Labute approximate surface area is 108 Å². The van der Waals surface area contributed by atoms with Gasteiger partial charge in [0.1, 0.15) is 0 Å². The van der Waals surface area contributed by atoms with Gasteiger partial charge in [-0.15, -0.1) is 0 Å². The number of aromatic nitrogens is 3. The Morgan fingerprint density at radius 1 is 1.39 bits per heavy atom. The van der Waals surface area contributed by atoms with E-state index in [2.05, 4.69) is 41.5 Å². The summed E-state index contributed by atoms with van der Waals surface area (Å²) in [4.78, 5) is 4.23. The van der Waals surface area contributed by atoms with Gasteiger partial charge in [-0.2, -0.15) is 5.10 Å². The van der Waals surface area contributed by atoms with Crippen LogP contribution in [-0.4, -0.2) is 21.3 Å². The van der Waals surface area contributed by atoms with Gasteiger partial charge in [0.15, 0.2) is 0 Å². The van der Waals surface area contributed by atoms with Crippen molar-refractivity contribution in [2.75, 3.05) is 6.54 Å². The van der Waals surface area contributed by atoms with Crippen molar-refractivity contribution < 1.29 is 0 Å². The molecule has 0 aromatic carbocycles. The van der Waals surface area contributed by atoms with Crippen LogP contribution in [0.4, 0.5) is 0 Å². The highest BCUT2D eigenvalue weighted by molar-refractivity contribution is 5.26. The summed E-state index contributed by atoms with van der Waals surface area (Å²) in [5.41, 5.74) is 3.79. The van der Waals surface area contributed by atoms with Crippen LogP contribution < -0.4 is 5.32 Å². The summed E-state index contributed by atoms with van der Waals surface area (Å²) in [6, 6.07) is 2.36. The smallest absolute Gasteiger partial charge is 0.0522 e. The van der Waals surface area contributed by atoms with E-state index >= 15 is 0 Å². The molecule has 2 heterocycles. The molecule has 1 N–H and O–H groups in total. The minimum atomic E-state index is 0.299. The van der Waals surface area contributed by atoms with Gasteiger partial charge in [-0.3, -0.25) is 9.67 Å².